The van der Waals surface area contributed by atoms with Gasteiger partial charge in [0.2, 0.25) is 0 Å². The number of hydrogen-bond donors (Lipinski definition) is 1. The molecule has 0 radical (unpaired) electrons. The molecule has 3 heteroatoms. The lowest BCUT2D eigenvalue weighted by Gasteiger charge is -2.44. The van der Waals surface area contributed by atoms with Gasteiger partial charge < -0.3 is 10.5 Å². The largest absolute Gasteiger partial charge is 0.374 e. The van der Waals surface area contributed by atoms with E-state index >= 15 is 0 Å². The Bertz CT molecular complexity index is 274. The van der Waals surface area contributed by atoms with E-state index in [0.717, 1.165) is 13.1 Å². The molecule has 0 amide bonds. The van der Waals surface area contributed by atoms with Crippen LogP contribution in [0.2, 0.25) is 0 Å². The van der Waals surface area contributed by atoms with Crippen LogP contribution in [-0.4, -0.2) is 42.3 Å². The molecule has 1 aliphatic heterocycles. The molecule has 1 saturated carbocycles. The molecule has 2 N–H and O–H groups in total. The third-order valence-electron chi connectivity index (χ3n) is 5.32. The second-order valence-electron chi connectivity index (χ2n) is 6.93. The van der Waals surface area contributed by atoms with E-state index in [1.54, 1.807) is 0 Å². The van der Waals surface area contributed by atoms with Gasteiger partial charge in [-0.15, -0.1) is 0 Å². The van der Waals surface area contributed by atoms with Crippen molar-refractivity contribution in [2.24, 2.45) is 5.73 Å². The Morgan fingerprint density at radius 3 is 2.35 bits per heavy atom. The highest BCUT2D eigenvalue weighted by atomic mass is 16.5. The Labute approximate surface area is 125 Å². The van der Waals surface area contributed by atoms with Gasteiger partial charge in [-0.2, -0.15) is 0 Å². The zero-order chi connectivity index (χ0) is 14.4. The lowest BCUT2D eigenvalue weighted by molar-refractivity contribution is -0.00716. The Morgan fingerprint density at radius 2 is 1.85 bits per heavy atom. The molecular weight excluding hydrogens is 248 g/mol. The lowest BCUT2D eigenvalue weighted by atomic mass is 9.87. The van der Waals surface area contributed by atoms with Gasteiger partial charge in [0.25, 0.3) is 0 Å². The van der Waals surface area contributed by atoms with Crippen molar-refractivity contribution in [3.8, 4) is 0 Å². The number of hydrogen-bond acceptors (Lipinski definition) is 3. The van der Waals surface area contributed by atoms with Crippen LogP contribution in [0.4, 0.5) is 0 Å². The SMILES string of the molecule is CCCN(CC1CCC(C)O1)C1(CN)CCCCCC1. The van der Waals surface area contributed by atoms with E-state index in [9.17, 15) is 0 Å². The minimum atomic E-state index is 0.252. The van der Waals surface area contributed by atoms with Crippen molar-refractivity contribution in [1.82, 2.24) is 4.90 Å². The van der Waals surface area contributed by atoms with Crippen LogP contribution >= 0.6 is 0 Å². The van der Waals surface area contributed by atoms with Gasteiger partial charge in [0, 0.05) is 18.6 Å². The molecule has 118 valence electrons. The second kappa shape index (κ2) is 7.77. The van der Waals surface area contributed by atoms with Crippen molar-refractivity contribution in [3.05, 3.63) is 0 Å². The van der Waals surface area contributed by atoms with E-state index in [-0.39, 0.29) is 5.54 Å². The second-order valence-corrected chi connectivity index (χ2v) is 6.93. The van der Waals surface area contributed by atoms with Gasteiger partial charge in [-0.1, -0.05) is 32.6 Å². The van der Waals surface area contributed by atoms with Crippen molar-refractivity contribution in [2.45, 2.75) is 89.4 Å². The monoisotopic (exact) mass is 282 g/mol. The van der Waals surface area contributed by atoms with E-state index in [0.29, 0.717) is 12.2 Å². The summed E-state index contributed by atoms with van der Waals surface area (Å²) in [6.45, 7) is 7.57. The molecule has 1 heterocycles. The molecule has 0 aromatic heterocycles. The lowest BCUT2D eigenvalue weighted by Crippen LogP contribution is -2.56. The zero-order valence-electron chi connectivity index (χ0n) is 13.6. The fourth-order valence-electron chi connectivity index (χ4n) is 4.09. The van der Waals surface area contributed by atoms with Crippen LogP contribution in [0.25, 0.3) is 0 Å². The molecule has 0 aromatic carbocycles. The molecule has 2 unspecified atom stereocenters. The number of ether oxygens (including phenoxy) is 1. The molecule has 2 rings (SSSR count). The maximum Gasteiger partial charge on any atom is 0.0706 e. The first kappa shape index (κ1) is 16.3. The van der Waals surface area contributed by atoms with E-state index < -0.39 is 0 Å². The Hall–Kier alpha value is -0.120. The van der Waals surface area contributed by atoms with Crippen LogP contribution in [0.1, 0.15) is 71.6 Å². The molecule has 0 bridgehead atoms. The zero-order valence-corrected chi connectivity index (χ0v) is 13.6. The maximum atomic E-state index is 6.26. The van der Waals surface area contributed by atoms with Gasteiger partial charge in [0.15, 0.2) is 0 Å². The fraction of sp³-hybridized carbons (Fsp3) is 1.00. The van der Waals surface area contributed by atoms with E-state index in [4.69, 9.17) is 10.5 Å². The summed E-state index contributed by atoms with van der Waals surface area (Å²) < 4.78 is 6.07. The van der Waals surface area contributed by atoms with Crippen LogP contribution in [0.3, 0.4) is 0 Å². The average Bonchev–Trinajstić information content (AvgIpc) is 2.72. The van der Waals surface area contributed by atoms with Crippen molar-refractivity contribution < 1.29 is 4.74 Å². The van der Waals surface area contributed by atoms with E-state index in [2.05, 4.69) is 18.7 Å². The Kier molecular flexibility index (Phi) is 6.31. The first-order valence-corrected chi connectivity index (χ1v) is 8.81. The third kappa shape index (κ3) is 3.96. The number of nitrogens with two attached hydrogens (primary N) is 1. The highest BCUT2D eigenvalue weighted by Gasteiger charge is 2.37. The van der Waals surface area contributed by atoms with Crippen LogP contribution in [0, 0.1) is 0 Å². The summed E-state index contributed by atoms with van der Waals surface area (Å²) in [7, 11) is 0. The summed E-state index contributed by atoms with van der Waals surface area (Å²) in [5, 5.41) is 0. The predicted octanol–water partition coefficient (Wildman–Crippen LogP) is 3.32. The predicted molar refractivity (Wildman–Crippen MR) is 84.9 cm³/mol. The van der Waals surface area contributed by atoms with Crippen molar-refractivity contribution in [2.75, 3.05) is 19.6 Å². The summed E-state index contributed by atoms with van der Waals surface area (Å²) in [6, 6.07) is 0. The number of rotatable bonds is 6. The maximum absolute atomic E-state index is 6.26. The normalized spacial score (nSPS) is 30.6. The number of nitrogens with zero attached hydrogens (tertiary/aromatic N) is 1. The molecule has 2 aliphatic rings. The van der Waals surface area contributed by atoms with Crippen molar-refractivity contribution in [3.63, 3.8) is 0 Å². The Morgan fingerprint density at radius 1 is 1.15 bits per heavy atom. The van der Waals surface area contributed by atoms with Gasteiger partial charge >= 0.3 is 0 Å². The van der Waals surface area contributed by atoms with Gasteiger partial charge in [-0.3, -0.25) is 4.90 Å². The van der Waals surface area contributed by atoms with Crippen LogP contribution in [-0.2, 0) is 4.74 Å². The quantitative estimate of drug-likeness (QED) is 0.760. The van der Waals surface area contributed by atoms with Crippen LogP contribution < -0.4 is 5.73 Å². The highest BCUT2D eigenvalue weighted by molar-refractivity contribution is 4.94. The topological polar surface area (TPSA) is 38.5 Å². The fourth-order valence-corrected chi connectivity index (χ4v) is 4.09. The summed E-state index contributed by atoms with van der Waals surface area (Å²) in [5.41, 5.74) is 6.51. The van der Waals surface area contributed by atoms with Crippen molar-refractivity contribution in [1.29, 1.82) is 0 Å². The first-order valence-electron chi connectivity index (χ1n) is 8.81. The molecular formula is C17H34N2O. The van der Waals surface area contributed by atoms with Crippen LogP contribution in [0.15, 0.2) is 0 Å². The molecule has 3 nitrogen and oxygen atoms in total. The smallest absolute Gasteiger partial charge is 0.0706 e. The molecule has 2 atom stereocenters. The van der Waals surface area contributed by atoms with Crippen LogP contribution in [0.5, 0.6) is 0 Å². The summed E-state index contributed by atoms with van der Waals surface area (Å²) in [4.78, 5) is 2.70. The standard InChI is InChI=1S/C17H34N2O/c1-3-12-19(13-16-9-8-15(2)20-16)17(14-18)10-6-4-5-7-11-17/h15-16H,3-14,18H2,1-2H3. The Balaban J connectivity index is 2.03. The van der Waals surface area contributed by atoms with Gasteiger partial charge in [-0.25, -0.2) is 0 Å². The molecule has 1 aliphatic carbocycles. The van der Waals surface area contributed by atoms with Crippen molar-refractivity contribution >= 4 is 0 Å². The van der Waals surface area contributed by atoms with Gasteiger partial charge in [0.1, 0.15) is 0 Å². The van der Waals surface area contributed by atoms with E-state index in [1.807, 2.05) is 0 Å². The molecule has 20 heavy (non-hydrogen) atoms. The molecule has 0 spiro atoms. The van der Waals surface area contributed by atoms with Gasteiger partial charge in [-0.05, 0) is 45.6 Å². The average molecular weight is 282 g/mol. The summed E-state index contributed by atoms with van der Waals surface area (Å²) in [5.74, 6) is 0. The van der Waals surface area contributed by atoms with E-state index in [1.165, 1.54) is 64.3 Å². The minimum absolute atomic E-state index is 0.252. The molecule has 1 saturated heterocycles. The third-order valence-corrected chi connectivity index (χ3v) is 5.32. The molecule has 2 fully saturated rings. The summed E-state index contributed by atoms with van der Waals surface area (Å²) >= 11 is 0. The minimum Gasteiger partial charge on any atom is -0.374 e. The molecule has 0 aromatic rings. The highest BCUT2D eigenvalue weighted by Crippen LogP contribution is 2.33. The summed E-state index contributed by atoms with van der Waals surface area (Å²) in [6.07, 6.45) is 12.6. The van der Waals surface area contributed by atoms with Gasteiger partial charge in [0.05, 0.1) is 12.2 Å². The first-order chi connectivity index (χ1) is 9.70.